The summed E-state index contributed by atoms with van der Waals surface area (Å²) in [5.41, 5.74) is -0.778. The first-order valence-corrected chi connectivity index (χ1v) is 7.68. The maximum absolute atomic E-state index is 12.0. The minimum atomic E-state index is -0.778. The maximum Gasteiger partial charge on any atom is 0.317 e. The maximum atomic E-state index is 12.0. The number of carbonyl (C=O) groups is 2. The Morgan fingerprint density at radius 3 is 2.48 bits per heavy atom. The third-order valence-electron chi connectivity index (χ3n) is 4.20. The number of urea groups is 1. The third-order valence-corrected chi connectivity index (χ3v) is 4.20. The van der Waals surface area contributed by atoms with Crippen LogP contribution in [0.2, 0.25) is 0 Å². The molecule has 0 saturated carbocycles. The largest absolute Gasteiger partial charge is 0.481 e. The molecule has 0 bridgehead atoms. The summed E-state index contributed by atoms with van der Waals surface area (Å²) in [6, 6.07) is -0.145. The van der Waals surface area contributed by atoms with E-state index in [0.717, 1.165) is 6.42 Å². The minimum absolute atomic E-state index is 0.145. The lowest BCUT2D eigenvalue weighted by atomic mass is 9.88. The zero-order chi connectivity index (χ0) is 16.0. The molecule has 0 radical (unpaired) electrons. The number of likely N-dealkylation sites (tertiary alicyclic amines) is 1. The van der Waals surface area contributed by atoms with Crippen molar-refractivity contribution in [3.05, 3.63) is 0 Å². The van der Waals surface area contributed by atoms with Gasteiger partial charge in [-0.05, 0) is 38.0 Å². The number of amides is 2. The molecule has 1 aliphatic rings. The Morgan fingerprint density at radius 1 is 1.33 bits per heavy atom. The van der Waals surface area contributed by atoms with Crippen LogP contribution in [0, 0.1) is 11.8 Å². The molecule has 6 heteroatoms. The van der Waals surface area contributed by atoms with E-state index in [2.05, 4.69) is 19.2 Å². The van der Waals surface area contributed by atoms with Crippen LogP contribution in [0.1, 0.15) is 46.5 Å². The number of nitrogens with zero attached hydrogens (tertiary/aromatic N) is 1. The van der Waals surface area contributed by atoms with E-state index in [1.807, 2.05) is 0 Å². The van der Waals surface area contributed by atoms with Crippen molar-refractivity contribution in [2.45, 2.75) is 52.1 Å². The number of hydrogen-bond acceptors (Lipinski definition) is 3. The Kier molecular flexibility index (Phi) is 6.45. The summed E-state index contributed by atoms with van der Waals surface area (Å²) in [7, 11) is 0. The molecule has 21 heavy (non-hydrogen) atoms. The van der Waals surface area contributed by atoms with Crippen molar-refractivity contribution in [1.29, 1.82) is 0 Å². The first-order valence-electron chi connectivity index (χ1n) is 7.68. The fraction of sp³-hybridized carbons (Fsp3) is 0.867. The molecular weight excluding hydrogens is 272 g/mol. The van der Waals surface area contributed by atoms with Crippen molar-refractivity contribution in [3.63, 3.8) is 0 Å². The average molecular weight is 300 g/mol. The summed E-state index contributed by atoms with van der Waals surface area (Å²) < 4.78 is 0. The standard InChI is InChI=1S/C15H28N2O4/c1-11(2)12(4-5-13(18)19)6-8-16-14(20)17-9-7-15(3,21)10-17/h11-12,21H,4-10H2,1-3H3,(H,16,20)(H,18,19). The number of carbonyl (C=O) groups excluding carboxylic acids is 1. The van der Waals surface area contributed by atoms with Gasteiger partial charge < -0.3 is 20.4 Å². The van der Waals surface area contributed by atoms with Gasteiger partial charge in [0.2, 0.25) is 0 Å². The Balaban J connectivity index is 2.30. The molecule has 1 fully saturated rings. The number of rotatable bonds is 7. The zero-order valence-corrected chi connectivity index (χ0v) is 13.3. The van der Waals surface area contributed by atoms with E-state index in [4.69, 9.17) is 5.11 Å². The monoisotopic (exact) mass is 300 g/mol. The molecule has 0 aliphatic carbocycles. The molecular formula is C15H28N2O4. The smallest absolute Gasteiger partial charge is 0.317 e. The molecule has 1 saturated heterocycles. The second-order valence-corrected chi connectivity index (χ2v) is 6.63. The molecule has 0 spiro atoms. The number of β-amino-alcohol motifs (C(OH)–C–C–N with tert-alkyl or cyclic N) is 1. The highest BCUT2D eigenvalue weighted by Gasteiger charge is 2.33. The second kappa shape index (κ2) is 7.64. The summed E-state index contributed by atoms with van der Waals surface area (Å²) >= 11 is 0. The van der Waals surface area contributed by atoms with Crippen molar-refractivity contribution >= 4 is 12.0 Å². The number of carboxylic acids is 1. The van der Waals surface area contributed by atoms with E-state index >= 15 is 0 Å². The highest BCUT2D eigenvalue weighted by molar-refractivity contribution is 5.74. The minimum Gasteiger partial charge on any atom is -0.481 e. The fourth-order valence-corrected chi connectivity index (χ4v) is 2.71. The van der Waals surface area contributed by atoms with Crippen LogP contribution in [0.4, 0.5) is 4.79 Å². The van der Waals surface area contributed by atoms with Crippen LogP contribution in [-0.4, -0.2) is 52.3 Å². The van der Waals surface area contributed by atoms with E-state index in [1.165, 1.54) is 0 Å². The fourth-order valence-electron chi connectivity index (χ4n) is 2.71. The number of aliphatic carboxylic acids is 1. The summed E-state index contributed by atoms with van der Waals surface area (Å²) in [5.74, 6) is -0.0826. The van der Waals surface area contributed by atoms with Crippen LogP contribution < -0.4 is 5.32 Å². The number of nitrogens with one attached hydrogen (secondary N) is 1. The van der Waals surface area contributed by atoms with Crippen LogP contribution in [0.5, 0.6) is 0 Å². The molecule has 3 N–H and O–H groups in total. The van der Waals surface area contributed by atoms with Crippen molar-refractivity contribution < 1.29 is 19.8 Å². The van der Waals surface area contributed by atoms with Gasteiger partial charge in [0.05, 0.1) is 12.1 Å². The third kappa shape index (κ3) is 6.33. The topological polar surface area (TPSA) is 89.9 Å². The van der Waals surface area contributed by atoms with Gasteiger partial charge in [0.15, 0.2) is 0 Å². The molecule has 122 valence electrons. The van der Waals surface area contributed by atoms with E-state index < -0.39 is 11.6 Å². The van der Waals surface area contributed by atoms with Crippen molar-refractivity contribution in [1.82, 2.24) is 10.2 Å². The van der Waals surface area contributed by atoms with Gasteiger partial charge in [0, 0.05) is 19.5 Å². The number of hydrogen-bond donors (Lipinski definition) is 3. The Bertz CT molecular complexity index is 369. The summed E-state index contributed by atoms with van der Waals surface area (Å²) in [6.07, 6.45) is 2.20. The molecule has 0 aromatic heterocycles. The second-order valence-electron chi connectivity index (χ2n) is 6.63. The SMILES string of the molecule is CC(C)C(CCNC(=O)N1CCC(C)(O)C1)CCC(=O)O. The van der Waals surface area contributed by atoms with Gasteiger partial charge >= 0.3 is 12.0 Å². The molecule has 6 nitrogen and oxygen atoms in total. The lowest BCUT2D eigenvalue weighted by molar-refractivity contribution is -0.137. The Labute approximate surface area is 126 Å². The predicted molar refractivity (Wildman–Crippen MR) is 80.0 cm³/mol. The van der Waals surface area contributed by atoms with Crippen LogP contribution in [0.3, 0.4) is 0 Å². The molecule has 2 amide bonds. The van der Waals surface area contributed by atoms with Gasteiger partial charge in [-0.15, -0.1) is 0 Å². The zero-order valence-electron chi connectivity index (χ0n) is 13.3. The van der Waals surface area contributed by atoms with Crippen LogP contribution in [-0.2, 0) is 4.79 Å². The molecule has 0 aromatic rings. The molecule has 2 atom stereocenters. The van der Waals surface area contributed by atoms with E-state index in [-0.39, 0.29) is 12.5 Å². The van der Waals surface area contributed by atoms with Gasteiger partial charge in [-0.1, -0.05) is 13.8 Å². The lowest BCUT2D eigenvalue weighted by Gasteiger charge is -2.22. The van der Waals surface area contributed by atoms with Gasteiger partial charge in [-0.2, -0.15) is 0 Å². The molecule has 2 unspecified atom stereocenters. The first-order chi connectivity index (χ1) is 9.71. The average Bonchev–Trinajstić information content (AvgIpc) is 2.73. The van der Waals surface area contributed by atoms with Gasteiger partial charge in [-0.25, -0.2) is 4.79 Å². The van der Waals surface area contributed by atoms with Crippen LogP contribution in [0.15, 0.2) is 0 Å². The van der Waals surface area contributed by atoms with E-state index in [1.54, 1.807) is 11.8 Å². The number of aliphatic hydroxyl groups is 1. The predicted octanol–water partition coefficient (Wildman–Crippen LogP) is 1.68. The van der Waals surface area contributed by atoms with E-state index in [9.17, 15) is 14.7 Å². The Hall–Kier alpha value is -1.30. The van der Waals surface area contributed by atoms with Crippen LogP contribution >= 0.6 is 0 Å². The highest BCUT2D eigenvalue weighted by atomic mass is 16.4. The lowest BCUT2D eigenvalue weighted by Crippen LogP contribution is -2.41. The van der Waals surface area contributed by atoms with Crippen LogP contribution in [0.25, 0.3) is 0 Å². The van der Waals surface area contributed by atoms with Crippen molar-refractivity contribution in [2.24, 2.45) is 11.8 Å². The molecule has 1 aliphatic heterocycles. The molecule has 1 heterocycles. The van der Waals surface area contributed by atoms with Crippen molar-refractivity contribution in [2.75, 3.05) is 19.6 Å². The van der Waals surface area contributed by atoms with Gasteiger partial charge in [-0.3, -0.25) is 4.79 Å². The molecule has 1 rings (SSSR count). The van der Waals surface area contributed by atoms with Crippen molar-refractivity contribution in [3.8, 4) is 0 Å². The first kappa shape index (κ1) is 17.8. The number of carboxylic acid groups (broad SMARTS) is 1. The van der Waals surface area contributed by atoms with Gasteiger partial charge in [0.25, 0.3) is 0 Å². The summed E-state index contributed by atoms with van der Waals surface area (Å²) in [4.78, 5) is 24.2. The summed E-state index contributed by atoms with van der Waals surface area (Å²) in [6.45, 7) is 7.37. The highest BCUT2D eigenvalue weighted by Crippen LogP contribution is 2.22. The quantitative estimate of drug-likeness (QED) is 0.667. The van der Waals surface area contributed by atoms with E-state index in [0.29, 0.717) is 44.3 Å². The summed E-state index contributed by atoms with van der Waals surface area (Å²) in [5, 5.41) is 21.5. The Morgan fingerprint density at radius 2 is 2.00 bits per heavy atom. The van der Waals surface area contributed by atoms with Gasteiger partial charge in [0.1, 0.15) is 0 Å². The molecule has 0 aromatic carbocycles. The normalized spacial score (nSPS) is 23.4.